The third kappa shape index (κ3) is 7.56. The van der Waals surface area contributed by atoms with Crippen LogP contribution in [0.2, 0.25) is 5.02 Å². The number of ether oxygens (including phenoxy) is 1. The van der Waals surface area contributed by atoms with Gasteiger partial charge in [-0.25, -0.2) is 27.2 Å². The minimum absolute atomic E-state index is 0.109. The van der Waals surface area contributed by atoms with Crippen LogP contribution >= 0.6 is 23.4 Å². The molecule has 0 aliphatic carbocycles. The van der Waals surface area contributed by atoms with Crippen LogP contribution in [0.4, 0.5) is 26.2 Å². The van der Waals surface area contributed by atoms with Crippen LogP contribution in [0.25, 0.3) is 0 Å². The van der Waals surface area contributed by atoms with E-state index in [-0.39, 0.29) is 25.5 Å². The largest absolute Gasteiger partial charge is 0.490 e. The molecule has 0 spiro atoms. The number of aromatic amines is 1. The second-order valence-electron chi connectivity index (χ2n) is 12.6. The summed E-state index contributed by atoms with van der Waals surface area (Å²) >= 11 is 6.89. The predicted octanol–water partition coefficient (Wildman–Crippen LogP) is 7.22. The lowest BCUT2D eigenvalue weighted by atomic mass is 9.93. The van der Waals surface area contributed by atoms with Gasteiger partial charge in [-0.15, -0.1) is 0 Å². The first-order valence-electron chi connectivity index (χ1n) is 15.5. The van der Waals surface area contributed by atoms with Crippen molar-refractivity contribution in [3.63, 3.8) is 0 Å². The van der Waals surface area contributed by atoms with Crippen molar-refractivity contribution in [1.29, 1.82) is 0 Å². The molecule has 258 valence electrons. The number of nitrogens with one attached hydrogen (secondary N) is 2. The van der Waals surface area contributed by atoms with Crippen molar-refractivity contribution in [2.45, 2.75) is 59.7 Å². The SMILES string of the molecule is COc1c(Nc2cc(C)[nH]n2)nc(Sc2ccc(S(=O)(=O)C(C)(C)c3cccc(Cl)c3F)cc2F)nc1N1CCC(CCN(C)C)CC1. The molecule has 10 nitrogen and oxygen atoms in total. The highest BCUT2D eigenvalue weighted by Crippen LogP contribution is 2.42. The molecule has 2 N–H and O–H groups in total. The molecule has 2 aromatic heterocycles. The summed E-state index contributed by atoms with van der Waals surface area (Å²) in [6.45, 7) is 7.17. The summed E-state index contributed by atoms with van der Waals surface area (Å²) < 4.78 is 62.1. The van der Waals surface area contributed by atoms with Gasteiger partial charge >= 0.3 is 0 Å². The molecule has 0 radical (unpaired) electrons. The predicted molar refractivity (Wildman–Crippen MR) is 185 cm³/mol. The van der Waals surface area contributed by atoms with E-state index in [0.717, 1.165) is 62.4 Å². The summed E-state index contributed by atoms with van der Waals surface area (Å²) in [4.78, 5) is 13.6. The van der Waals surface area contributed by atoms with E-state index >= 15 is 4.39 Å². The number of sulfone groups is 1. The van der Waals surface area contributed by atoms with Crippen molar-refractivity contribution in [2.75, 3.05) is 51.1 Å². The molecule has 0 amide bonds. The fraction of sp³-hybridized carbons (Fsp3) is 0.424. The van der Waals surface area contributed by atoms with E-state index in [1.54, 1.807) is 7.11 Å². The Kier molecular flexibility index (Phi) is 10.9. The minimum atomic E-state index is -4.25. The maximum Gasteiger partial charge on any atom is 0.204 e. The van der Waals surface area contributed by atoms with Crippen LogP contribution in [0.1, 0.15) is 44.4 Å². The summed E-state index contributed by atoms with van der Waals surface area (Å²) in [7, 11) is 1.45. The highest BCUT2D eigenvalue weighted by atomic mass is 35.5. The van der Waals surface area contributed by atoms with E-state index in [2.05, 4.69) is 44.4 Å². The highest BCUT2D eigenvalue weighted by Gasteiger charge is 2.40. The van der Waals surface area contributed by atoms with E-state index < -0.39 is 26.2 Å². The third-order valence-corrected chi connectivity index (χ3v) is 12.2. The quantitative estimate of drug-likeness (QED) is 0.145. The van der Waals surface area contributed by atoms with Crippen LogP contribution in [0.3, 0.4) is 0 Å². The standard InChI is InChI=1S/C33H40ClF2N7O3S2/c1-20-18-27(41-40-20)37-30-29(46-6)31(43-16-13-21(14-17-43)12-15-42(4)5)39-32(38-30)47-26-11-10-22(19-25(26)35)48(44,45)33(2,3)23-8-7-9-24(34)28(23)36/h7-11,18-19,21H,12-17H2,1-6H3,(H2,37,38,39,40,41). The number of aryl methyl sites for hydroxylation is 1. The van der Waals surface area contributed by atoms with Crippen molar-refractivity contribution >= 4 is 50.7 Å². The topological polar surface area (TPSA) is 116 Å². The first kappa shape index (κ1) is 35.8. The molecule has 4 aromatic rings. The van der Waals surface area contributed by atoms with Gasteiger partial charge in [0, 0.05) is 30.4 Å². The Morgan fingerprint density at radius 3 is 2.50 bits per heavy atom. The van der Waals surface area contributed by atoms with Crippen LogP contribution in [0.5, 0.6) is 5.75 Å². The Balaban J connectivity index is 1.46. The Morgan fingerprint density at radius 2 is 1.88 bits per heavy atom. The Labute approximate surface area is 289 Å². The molecule has 48 heavy (non-hydrogen) atoms. The molecule has 1 saturated heterocycles. The van der Waals surface area contributed by atoms with Gasteiger partial charge in [-0.1, -0.05) is 23.7 Å². The number of aromatic nitrogens is 4. The zero-order valence-corrected chi connectivity index (χ0v) is 30.2. The fourth-order valence-corrected chi connectivity index (χ4v) is 8.14. The smallest absolute Gasteiger partial charge is 0.204 e. The summed E-state index contributed by atoms with van der Waals surface area (Å²) in [6, 6.07) is 9.61. The lowest BCUT2D eigenvalue weighted by Crippen LogP contribution is -2.35. The molecule has 1 aliphatic rings. The number of piperidine rings is 1. The lowest BCUT2D eigenvalue weighted by Gasteiger charge is -2.34. The minimum Gasteiger partial charge on any atom is -0.490 e. The number of benzene rings is 2. The summed E-state index contributed by atoms with van der Waals surface area (Å²) in [5.74, 6) is 0.858. The summed E-state index contributed by atoms with van der Waals surface area (Å²) in [5.41, 5.74) is 0.737. The van der Waals surface area contributed by atoms with Crippen LogP contribution in [-0.4, -0.2) is 74.3 Å². The number of halogens is 3. The first-order chi connectivity index (χ1) is 22.7. The fourth-order valence-electron chi connectivity index (χ4n) is 5.67. The molecule has 15 heteroatoms. The van der Waals surface area contributed by atoms with Crippen LogP contribution in [0.15, 0.2) is 57.4 Å². The monoisotopic (exact) mass is 719 g/mol. The molecule has 3 heterocycles. The van der Waals surface area contributed by atoms with Gasteiger partial charge in [0.05, 0.1) is 26.7 Å². The average molecular weight is 720 g/mol. The number of methoxy groups -OCH3 is 1. The molecule has 0 unspecified atom stereocenters. The zero-order valence-electron chi connectivity index (χ0n) is 27.8. The maximum absolute atomic E-state index is 15.7. The van der Waals surface area contributed by atoms with Gasteiger partial charge in [0.1, 0.15) is 11.6 Å². The van der Waals surface area contributed by atoms with E-state index in [9.17, 15) is 12.8 Å². The van der Waals surface area contributed by atoms with Crippen molar-refractivity contribution in [3.8, 4) is 5.75 Å². The lowest BCUT2D eigenvalue weighted by molar-refractivity contribution is 0.311. The van der Waals surface area contributed by atoms with Crippen molar-refractivity contribution in [1.82, 2.24) is 25.1 Å². The normalized spacial score (nSPS) is 14.5. The Morgan fingerprint density at radius 1 is 1.15 bits per heavy atom. The maximum atomic E-state index is 15.7. The highest BCUT2D eigenvalue weighted by molar-refractivity contribution is 7.99. The van der Waals surface area contributed by atoms with Gasteiger partial charge in [-0.05, 0) is 103 Å². The number of hydrogen-bond donors (Lipinski definition) is 2. The molecular formula is C33H40ClF2N7O3S2. The molecule has 5 rings (SSSR count). The molecule has 2 aromatic carbocycles. The number of nitrogens with zero attached hydrogens (tertiary/aromatic N) is 5. The molecule has 1 fully saturated rings. The Bertz CT molecular complexity index is 1880. The van der Waals surface area contributed by atoms with E-state index in [1.165, 1.54) is 44.2 Å². The van der Waals surface area contributed by atoms with E-state index in [1.807, 2.05) is 13.0 Å². The molecular weight excluding hydrogens is 680 g/mol. The molecule has 0 atom stereocenters. The van der Waals surface area contributed by atoms with Crippen molar-refractivity contribution in [3.05, 3.63) is 70.4 Å². The average Bonchev–Trinajstić information content (AvgIpc) is 3.46. The van der Waals surface area contributed by atoms with Crippen molar-refractivity contribution < 1.29 is 21.9 Å². The van der Waals surface area contributed by atoms with E-state index in [4.69, 9.17) is 21.3 Å². The van der Waals surface area contributed by atoms with Gasteiger partial charge in [-0.3, -0.25) is 5.10 Å². The van der Waals surface area contributed by atoms with Gasteiger partial charge in [0.15, 0.2) is 32.4 Å². The van der Waals surface area contributed by atoms with Crippen LogP contribution in [0, 0.1) is 24.5 Å². The number of rotatable bonds is 12. The molecule has 1 aliphatic heterocycles. The molecule has 0 saturated carbocycles. The van der Waals surface area contributed by atoms with Gasteiger partial charge in [0.2, 0.25) is 5.75 Å². The number of anilines is 3. The third-order valence-electron chi connectivity index (χ3n) is 8.57. The zero-order chi connectivity index (χ0) is 34.8. The summed E-state index contributed by atoms with van der Waals surface area (Å²) in [5, 5.41) is 10.4. The van der Waals surface area contributed by atoms with Gasteiger partial charge in [-0.2, -0.15) is 5.10 Å². The van der Waals surface area contributed by atoms with Gasteiger partial charge in [0.25, 0.3) is 0 Å². The summed E-state index contributed by atoms with van der Waals surface area (Å²) in [6.07, 6.45) is 3.10. The molecule has 0 bridgehead atoms. The second-order valence-corrected chi connectivity index (χ2v) is 16.5. The number of hydrogen-bond acceptors (Lipinski definition) is 10. The van der Waals surface area contributed by atoms with Gasteiger partial charge < -0.3 is 19.9 Å². The van der Waals surface area contributed by atoms with Crippen LogP contribution in [-0.2, 0) is 14.6 Å². The first-order valence-corrected chi connectivity index (χ1v) is 18.2. The van der Waals surface area contributed by atoms with Crippen molar-refractivity contribution in [2.24, 2.45) is 5.92 Å². The number of H-pyrrole nitrogens is 1. The second kappa shape index (κ2) is 14.6. The van der Waals surface area contributed by atoms with E-state index in [0.29, 0.717) is 29.1 Å². The Hall–Kier alpha value is -3.46. The van der Waals surface area contributed by atoms with Crippen LogP contribution < -0.4 is 15.0 Å².